The molecule has 1 aromatic carbocycles. The van der Waals surface area contributed by atoms with Gasteiger partial charge >= 0.3 is 5.97 Å². The first-order chi connectivity index (χ1) is 10.0. The number of anilines is 1. The number of nitro benzene ring substituents is 1. The van der Waals surface area contributed by atoms with Crippen molar-refractivity contribution in [1.29, 1.82) is 0 Å². The van der Waals surface area contributed by atoms with Gasteiger partial charge in [0.05, 0.1) is 10.5 Å². The molecular formula is C14H18N2O5. The average Bonchev–Trinajstić information content (AvgIpc) is 2.47. The molecule has 1 aromatic rings. The molecule has 2 rings (SSSR count). The highest BCUT2D eigenvalue weighted by Gasteiger charge is 2.27. The lowest BCUT2D eigenvalue weighted by molar-refractivity contribution is -0.384. The number of aromatic carboxylic acids is 1. The number of nitrogens with zero attached hydrogens (tertiary/aromatic N) is 1. The summed E-state index contributed by atoms with van der Waals surface area (Å²) < 4.78 is 0. The van der Waals surface area contributed by atoms with Crippen molar-refractivity contribution < 1.29 is 19.9 Å². The minimum Gasteiger partial charge on any atom is -0.478 e. The number of nitro groups is 1. The molecule has 2 atom stereocenters. The molecule has 0 amide bonds. The summed E-state index contributed by atoms with van der Waals surface area (Å²) in [4.78, 5) is 21.5. The summed E-state index contributed by atoms with van der Waals surface area (Å²) in [5.41, 5.74) is 0.0481. The second kappa shape index (κ2) is 6.53. The van der Waals surface area contributed by atoms with Gasteiger partial charge in [-0.25, -0.2) is 4.79 Å². The van der Waals surface area contributed by atoms with Crippen LogP contribution in [-0.4, -0.2) is 33.8 Å². The van der Waals surface area contributed by atoms with Gasteiger partial charge in [0.25, 0.3) is 5.69 Å². The third kappa shape index (κ3) is 3.49. The van der Waals surface area contributed by atoms with E-state index in [1.54, 1.807) is 0 Å². The molecule has 1 aliphatic rings. The number of hydrogen-bond donors (Lipinski definition) is 3. The van der Waals surface area contributed by atoms with Gasteiger partial charge in [-0.1, -0.05) is 12.8 Å². The summed E-state index contributed by atoms with van der Waals surface area (Å²) in [7, 11) is 0. The van der Waals surface area contributed by atoms with Crippen LogP contribution in [0.25, 0.3) is 0 Å². The van der Waals surface area contributed by atoms with Crippen molar-refractivity contribution in [2.24, 2.45) is 5.92 Å². The van der Waals surface area contributed by atoms with E-state index >= 15 is 0 Å². The van der Waals surface area contributed by atoms with Gasteiger partial charge in [0.15, 0.2) is 0 Å². The summed E-state index contributed by atoms with van der Waals surface area (Å²) in [5, 5.41) is 32.5. The molecule has 1 fully saturated rings. The van der Waals surface area contributed by atoms with Crippen LogP contribution in [0.2, 0.25) is 0 Å². The molecule has 7 heteroatoms. The Labute approximate surface area is 121 Å². The number of carbonyl (C=O) groups is 1. The number of aliphatic hydroxyl groups excluding tert-OH is 1. The van der Waals surface area contributed by atoms with E-state index in [1.807, 2.05) is 0 Å². The Bertz CT molecular complexity index is 546. The Balaban J connectivity index is 2.29. The highest BCUT2D eigenvalue weighted by molar-refractivity contribution is 5.90. The largest absolute Gasteiger partial charge is 0.478 e. The first-order valence-corrected chi connectivity index (χ1v) is 6.92. The van der Waals surface area contributed by atoms with Gasteiger partial charge < -0.3 is 15.5 Å². The molecule has 7 nitrogen and oxygen atoms in total. The summed E-state index contributed by atoms with van der Waals surface area (Å²) in [6.07, 6.45) is 3.68. The Kier molecular flexibility index (Phi) is 4.74. The van der Waals surface area contributed by atoms with Crippen LogP contribution >= 0.6 is 0 Å². The summed E-state index contributed by atoms with van der Waals surface area (Å²) in [6, 6.07) is 3.62. The van der Waals surface area contributed by atoms with Crippen LogP contribution in [0, 0.1) is 16.0 Å². The van der Waals surface area contributed by atoms with Crippen molar-refractivity contribution in [2.45, 2.75) is 31.7 Å². The Morgan fingerprint density at radius 3 is 2.71 bits per heavy atom. The summed E-state index contributed by atoms with van der Waals surface area (Å²) in [6.45, 7) is 0.0179. The van der Waals surface area contributed by atoms with Crippen LogP contribution in [0.1, 0.15) is 36.0 Å². The molecule has 1 saturated carbocycles. The minimum atomic E-state index is -1.13. The molecule has 21 heavy (non-hydrogen) atoms. The summed E-state index contributed by atoms with van der Waals surface area (Å²) >= 11 is 0. The quantitative estimate of drug-likeness (QED) is 0.567. The monoisotopic (exact) mass is 294 g/mol. The van der Waals surface area contributed by atoms with Gasteiger partial charge in [-0.05, 0) is 25.0 Å². The zero-order valence-corrected chi connectivity index (χ0v) is 11.5. The number of benzene rings is 1. The number of nitrogens with one attached hydrogen (secondary N) is 1. The van der Waals surface area contributed by atoms with Crippen molar-refractivity contribution in [1.82, 2.24) is 0 Å². The Morgan fingerprint density at radius 1 is 1.38 bits per heavy atom. The molecule has 2 unspecified atom stereocenters. The molecule has 0 saturated heterocycles. The number of carboxylic acid groups (broad SMARTS) is 1. The van der Waals surface area contributed by atoms with Crippen LogP contribution in [-0.2, 0) is 0 Å². The van der Waals surface area contributed by atoms with E-state index in [4.69, 9.17) is 5.11 Å². The fourth-order valence-electron chi connectivity index (χ4n) is 2.76. The fraction of sp³-hybridized carbons (Fsp3) is 0.500. The van der Waals surface area contributed by atoms with Gasteiger partial charge in [0, 0.05) is 24.6 Å². The van der Waals surface area contributed by atoms with Crippen molar-refractivity contribution in [3.63, 3.8) is 0 Å². The average molecular weight is 294 g/mol. The molecule has 0 heterocycles. The maximum atomic E-state index is 11.1. The zero-order chi connectivity index (χ0) is 15.4. The van der Waals surface area contributed by atoms with Crippen LogP contribution < -0.4 is 5.32 Å². The van der Waals surface area contributed by atoms with Crippen LogP contribution in [0.15, 0.2) is 18.2 Å². The maximum absolute atomic E-state index is 11.1. The number of hydrogen-bond acceptors (Lipinski definition) is 5. The van der Waals surface area contributed by atoms with Gasteiger partial charge in [-0.15, -0.1) is 0 Å². The van der Waals surface area contributed by atoms with Gasteiger partial charge in [0.1, 0.15) is 5.69 Å². The highest BCUT2D eigenvalue weighted by atomic mass is 16.6. The molecule has 1 aliphatic carbocycles. The van der Waals surface area contributed by atoms with Crippen LogP contribution in [0.5, 0.6) is 0 Å². The third-order valence-electron chi connectivity index (χ3n) is 3.92. The molecular weight excluding hydrogens is 276 g/mol. The van der Waals surface area contributed by atoms with E-state index in [2.05, 4.69) is 5.32 Å². The predicted molar refractivity (Wildman–Crippen MR) is 76.5 cm³/mol. The van der Waals surface area contributed by atoms with Crippen molar-refractivity contribution in [3.8, 4) is 0 Å². The van der Waals surface area contributed by atoms with Crippen molar-refractivity contribution >= 4 is 17.3 Å². The zero-order valence-electron chi connectivity index (χ0n) is 11.5. The minimum absolute atomic E-state index is 0.000502. The molecule has 0 aliphatic heterocycles. The van der Waals surface area contributed by atoms with E-state index < -0.39 is 10.9 Å². The van der Waals surface area contributed by atoms with E-state index in [0.717, 1.165) is 25.7 Å². The number of carboxylic acids is 1. The summed E-state index contributed by atoms with van der Waals surface area (Å²) in [5.74, 6) is -1.10. The van der Waals surface area contributed by atoms with Gasteiger partial charge in [-0.2, -0.15) is 0 Å². The molecule has 0 radical (unpaired) electrons. The van der Waals surface area contributed by atoms with Crippen molar-refractivity contribution in [3.05, 3.63) is 33.9 Å². The Hall–Kier alpha value is -2.15. The van der Waals surface area contributed by atoms with Gasteiger partial charge in [0.2, 0.25) is 0 Å². The maximum Gasteiger partial charge on any atom is 0.335 e. The fourth-order valence-corrected chi connectivity index (χ4v) is 2.76. The van der Waals surface area contributed by atoms with E-state index in [1.165, 1.54) is 18.2 Å². The Morgan fingerprint density at radius 2 is 2.10 bits per heavy atom. The first kappa shape index (κ1) is 15.2. The molecule has 3 N–H and O–H groups in total. The van der Waals surface area contributed by atoms with Crippen LogP contribution in [0.4, 0.5) is 11.4 Å². The van der Waals surface area contributed by atoms with E-state index in [0.29, 0.717) is 0 Å². The SMILES string of the molecule is O=C(O)c1ccc([N+](=O)[O-])c(NC2CCCCC2CO)c1. The lowest BCUT2D eigenvalue weighted by Gasteiger charge is -2.31. The predicted octanol–water partition coefficient (Wildman–Crippen LogP) is 2.26. The lowest BCUT2D eigenvalue weighted by Crippen LogP contribution is -2.34. The van der Waals surface area contributed by atoms with Crippen molar-refractivity contribution in [2.75, 3.05) is 11.9 Å². The molecule has 0 aromatic heterocycles. The third-order valence-corrected chi connectivity index (χ3v) is 3.92. The van der Waals surface area contributed by atoms with E-state index in [9.17, 15) is 20.0 Å². The second-order valence-electron chi connectivity index (χ2n) is 5.27. The molecule has 0 spiro atoms. The second-order valence-corrected chi connectivity index (χ2v) is 5.27. The molecule has 0 bridgehead atoms. The van der Waals surface area contributed by atoms with E-state index in [-0.39, 0.29) is 35.5 Å². The van der Waals surface area contributed by atoms with Gasteiger partial charge in [-0.3, -0.25) is 10.1 Å². The number of rotatable bonds is 5. The standard InChI is InChI=1S/C14H18N2O5/c17-8-10-3-1-2-4-11(10)15-12-7-9(14(18)19)5-6-13(12)16(20)21/h5-7,10-11,15,17H,1-4,8H2,(H,18,19). The van der Waals surface area contributed by atoms with Crippen LogP contribution in [0.3, 0.4) is 0 Å². The lowest BCUT2D eigenvalue weighted by atomic mass is 9.85. The molecule has 114 valence electrons. The highest BCUT2D eigenvalue weighted by Crippen LogP contribution is 2.31. The number of aliphatic hydroxyl groups is 1. The topological polar surface area (TPSA) is 113 Å². The normalized spacial score (nSPS) is 21.8. The first-order valence-electron chi connectivity index (χ1n) is 6.92. The smallest absolute Gasteiger partial charge is 0.335 e.